The molecule has 2 atom stereocenters. The second-order valence-corrected chi connectivity index (χ2v) is 5.75. The molecular weight excluding hydrogens is 254 g/mol. The molecule has 5 nitrogen and oxygen atoms in total. The van der Waals surface area contributed by atoms with Gasteiger partial charge in [-0.3, -0.25) is 14.8 Å². The minimum absolute atomic E-state index is 0.143. The zero-order valence-corrected chi connectivity index (χ0v) is 12.2. The Balaban J connectivity index is 1.87. The zero-order valence-electron chi connectivity index (χ0n) is 12.2. The first-order valence-electron chi connectivity index (χ1n) is 7.28. The average Bonchev–Trinajstić information content (AvgIpc) is 2.45. The highest BCUT2D eigenvalue weighted by atomic mass is 16.3. The number of hydrogen-bond donors (Lipinski definition) is 1. The summed E-state index contributed by atoms with van der Waals surface area (Å²) in [5.74, 6) is 0.307. The fraction of sp³-hybridized carbons (Fsp3) is 0.667. The van der Waals surface area contributed by atoms with Crippen molar-refractivity contribution in [3.63, 3.8) is 0 Å². The molecule has 20 heavy (non-hydrogen) atoms. The lowest BCUT2D eigenvalue weighted by Crippen LogP contribution is -2.51. The molecule has 2 heterocycles. The van der Waals surface area contributed by atoms with Gasteiger partial charge in [0.25, 0.3) is 0 Å². The Kier molecular flexibility index (Phi) is 4.70. The van der Waals surface area contributed by atoms with Gasteiger partial charge in [0.15, 0.2) is 0 Å². The topological polar surface area (TPSA) is 66.3 Å². The number of amides is 1. The van der Waals surface area contributed by atoms with Crippen molar-refractivity contribution in [1.82, 2.24) is 14.9 Å². The van der Waals surface area contributed by atoms with Crippen molar-refractivity contribution in [3.05, 3.63) is 24.3 Å². The van der Waals surface area contributed by atoms with E-state index in [1.54, 1.807) is 18.6 Å². The van der Waals surface area contributed by atoms with Gasteiger partial charge >= 0.3 is 0 Å². The van der Waals surface area contributed by atoms with E-state index < -0.39 is 5.60 Å². The van der Waals surface area contributed by atoms with Gasteiger partial charge < -0.3 is 10.0 Å². The molecule has 110 valence electrons. The Bertz CT molecular complexity index is 448. The third kappa shape index (κ3) is 3.54. The van der Waals surface area contributed by atoms with Crippen molar-refractivity contribution < 1.29 is 9.90 Å². The molecule has 0 radical (unpaired) electrons. The van der Waals surface area contributed by atoms with E-state index in [0.29, 0.717) is 32.4 Å². The molecular formula is C15H23N3O2. The van der Waals surface area contributed by atoms with Crippen LogP contribution in [0.15, 0.2) is 18.6 Å². The number of aryl methyl sites for hydroxylation is 1. The standard InChI is InChI=1S/C15H23N3O2/c1-3-12-11-18(9-6-15(12,2)20)14(19)5-4-13-10-16-7-8-17-13/h7-8,10,12,20H,3-6,9,11H2,1-2H3/t12-,15+/m0/s1. The number of rotatable bonds is 4. The van der Waals surface area contributed by atoms with Crippen molar-refractivity contribution in [2.45, 2.75) is 45.1 Å². The van der Waals surface area contributed by atoms with Crippen LogP contribution in [0.3, 0.4) is 0 Å². The van der Waals surface area contributed by atoms with Crippen LogP contribution in [0.1, 0.15) is 38.8 Å². The van der Waals surface area contributed by atoms with Crippen molar-refractivity contribution in [2.75, 3.05) is 13.1 Å². The number of aromatic nitrogens is 2. The van der Waals surface area contributed by atoms with Crippen LogP contribution in [0, 0.1) is 5.92 Å². The second-order valence-electron chi connectivity index (χ2n) is 5.75. The Morgan fingerprint density at radius 1 is 1.55 bits per heavy atom. The molecule has 1 aromatic heterocycles. The van der Waals surface area contributed by atoms with E-state index in [-0.39, 0.29) is 11.8 Å². The van der Waals surface area contributed by atoms with E-state index in [9.17, 15) is 9.90 Å². The summed E-state index contributed by atoms with van der Waals surface area (Å²) in [6.07, 6.45) is 7.59. The maximum absolute atomic E-state index is 12.2. The molecule has 0 aromatic carbocycles. The minimum atomic E-state index is -0.642. The SMILES string of the molecule is CC[C@H]1CN(C(=O)CCc2cnccn2)CC[C@@]1(C)O. The Labute approximate surface area is 120 Å². The predicted molar refractivity (Wildman–Crippen MR) is 76.0 cm³/mol. The van der Waals surface area contributed by atoms with Gasteiger partial charge in [-0.15, -0.1) is 0 Å². The number of carbonyl (C=O) groups is 1. The number of nitrogens with zero attached hydrogens (tertiary/aromatic N) is 3. The first-order chi connectivity index (χ1) is 9.53. The summed E-state index contributed by atoms with van der Waals surface area (Å²) in [7, 11) is 0. The van der Waals surface area contributed by atoms with Gasteiger partial charge in [-0.05, 0) is 26.2 Å². The number of aliphatic hydroxyl groups is 1. The normalized spacial score (nSPS) is 26.6. The summed E-state index contributed by atoms with van der Waals surface area (Å²) in [6, 6.07) is 0. The van der Waals surface area contributed by atoms with Gasteiger partial charge in [0, 0.05) is 44.0 Å². The monoisotopic (exact) mass is 277 g/mol. The highest BCUT2D eigenvalue weighted by molar-refractivity contribution is 5.76. The molecule has 0 bridgehead atoms. The van der Waals surface area contributed by atoms with Crippen molar-refractivity contribution in [1.29, 1.82) is 0 Å². The molecule has 0 spiro atoms. The third-order valence-corrected chi connectivity index (χ3v) is 4.27. The molecule has 0 saturated carbocycles. The molecule has 1 saturated heterocycles. The highest BCUT2D eigenvalue weighted by Crippen LogP contribution is 2.30. The van der Waals surface area contributed by atoms with Crippen LogP contribution >= 0.6 is 0 Å². The molecule has 1 aliphatic rings. The molecule has 1 aliphatic heterocycles. The lowest BCUT2D eigenvalue weighted by atomic mass is 9.81. The van der Waals surface area contributed by atoms with Gasteiger partial charge in [-0.1, -0.05) is 6.92 Å². The number of likely N-dealkylation sites (tertiary alicyclic amines) is 1. The molecule has 0 aliphatic carbocycles. The maximum Gasteiger partial charge on any atom is 0.222 e. The van der Waals surface area contributed by atoms with Gasteiger partial charge in [-0.25, -0.2) is 0 Å². The van der Waals surface area contributed by atoms with Crippen LogP contribution in [0.4, 0.5) is 0 Å². The highest BCUT2D eigenvalue weighted by Gasteiger charge is 2.37. The summed E-state index contributed by atoms with van der Waals surface area (Å²) >= 11 is 0. The molecule has 1 N–H and O–H groups in total. The molecule has 5 heteroatoms. The second kappa shape index (κ2) is 6.31. The van der Waals surface area contributed by atoms with Crippen LogP contribution < -0.4 is 0 Å². The van der Waals surface area contributed by atoms with E-state index in [2.05, 4.69) is 16.9 Å². The fourth-order valence-corrected chi connectivity index (χ4v) is 2.77. The van der Waals surface area contributed by atoms with E-state index in [1.165, 1.54) is 0 Å². The number of carbonyl (C=O) groups excluding carboxylic acids is 1. The van der Waals surface area contributed by atoms with Crippen LogP contribution in [-0.2, 0) is 11.2 Å². The predicted octanol–water partition coefficient (Wildman–Crippen LogP) is 1.42. The smallest absolute Gasteiger partial charge is 0.222 e. The molecule has 1 amide bonds. The van der Waals surface area contributed by atoms with Crippen molar-refractivity contribution >= 4 is 5.91 Å². The first-order valence-corrected chi connectivity index (χ1v) is 7.28. The third-order valence-electron chi connectivity index (χ3n) is 4.27. The van der Waals surface area contributed by atoms with Gasteiger partial charge in [0.1, 0.15) is 0 Å². The Morgan fingerprint density at radius 3 is 3.00 bits per heavy atom. The number of piperidine rings is 1. The Morgan fingerprint density at radius 2 is 2.35 bits per heavy atom. The summed E-state index contributed by atoms with van der Waals surface area (Å²) in [6.45, 7) is 5.24. The number of hydrogen-bond acceptors (Lipinski definition) is 4. The molecule has 1 fully saturated rings. The van der Waals surface area contributed by atoms with Crippen LogP contribution in [0.5, 0.6) is 0 Å². The van der Waals surface area contributed by atoms with Crippen molar-refractivity contribution in [3.8, 4) is 0 Å². The summed E-state index contributed by atoms with van der Waals surface area (Å²) < 4.78 is 0. The van der Waals surface area contributed by atoms with E-state index in [1.807, 2.05) is 11.8 Å². The summed E-state index contributed by atoms with van der Waals surface area (Å²) in [5.41, 5.74) is 0.202. The average molecular weight is 277 g/mol. The van der Waals surface area contributed by atoms with Crippen molar-refractivity contribution in [2.24, 2.45) is 5.92 Å². The van der Waals surface area contributed by atoms with Crippen LogP contribution in [-0.4, -0.2) is 44.6 Å². The molecule has 1 aromatic rings. The largest absolute Gasteiger partial charge is 0.390 e. The maximum atomic E-state index is 12.2. The van der Waals surface area contributed by atoms with Gasteiger partial charge in [0.2, 0.25) is 5.91 Å². The fourth-order valence-electron chi connectivity index (χ4n) is 2.77. The first kappa shape index (κ1) is 14.9. The lowest BCUT2D eigenvalue weighted by Gasteiger charge is -2.42. The van der Waals surface area contributed by atoms with Gasteiger partial charge in [-0.2, -0.15) is 0 Å². The van der Waals surface area contributed by atoms with Crippen LogP contribution in [0.25, 0.3) is 0 Å². The van der Waals surface area contributed by atoms with E-state index in [4.69, 9.17) is 0 Å². The summed E-state index contributed by atoms with van der Waals surface area (Å²) in [4.78, 5) is 22.3. The quantitative estimate of drug-likeness (QED) is 0.904. The lowest BCUT2D eigenvalue weighted by molar-refractivity contribution is -0.138. The van der Waals surface area contributed by atoms with Crippen LogP contribution in [0.2, 0.25) is 0 Å². The summed E-state index contributed by atoms with van der Waals surface area (Å²) in [5, 5.41) is 10.3. The zero-order chi connectivity index (χ0) is 14.6. The van der Waals surface area contributed by atoms with E-state index >= 15 is 0 Å². The minimum Gasteiger partial charge on any atom is -0.390 e. The molecule has 0 unspecified atom stereocenters. The molecule has 2 rings (SSSR count). The Hall–Kier alpha value is -1.49. The van der Waals surface area contributed by atoms with Gasteiger partial charge in [0.05, 0.1) is 11.3 Å². The van der Waals surface area contributed by atoms with E-state index in [0.717, 1.165) is 12.1 Å².